The van der Waals surface area contributed by atoms with E-state index in [0.717, 1.165) is 11.3 Å². The summed E-state index contributed by atoms with van der Waals surface area (Å²) in [5.74, 6) is -0.0575. The number of benzene rings is 1. The van der Waals surface area contributed by atoms with Gasteiger partial charge in [-0.25, -0.2) is 0 Å². The first kappa shape index (κ1) is 13.8. The molecule has 94 valence electrons. The summed E-state index contributed by atoms with van der Waals surface area (Å²) in [6.07, 6.45) is 0.676. The molecule has 3 nitrogen and oxygen atoms in total. The largest absolute Gasteiger partial charge is 0.491 e. The summed E-state index contributed by atoms with van der Waals surface area (Å²) in [6.45, 7) is 3.94. The van der Waals surface area contributed by atoms with Crippen LogP contribution in [0.3, 0.4) is 0 Å². The maximum atomic E-state index is 10.5. The number of ether oxygens (including phenoxy) is 1. The molecule has 1 rings (SSSR count). The Bertz CT molecular complexity index is 359. The van der Waals surface area contributed by atoms with E-state index in [4.69, 9.17) is 21.4 Å². The summed E-state index contributed by atoms with van der Waals surface area (Å²) in [7, 11) is 0. The third kappa shape index (κ3) is 5.59. The molecule has 0 radical (unpaired) electrons. The molecule has 0 fully saturated rings. The average Bonchev–Trinajstić information content (AvgIpc) is 2.18. The van der Waals surface area contributed by atoms with Crippen LogP contribution in [-0.2, 0) is 11.2 Å². The van der Waals surface area contributed by atoms with Gasteiger partial charge in [-0.05, 0) is 38.0 Å². The molecule has 0 aliphatic heterocycles. The number of rotatable bonds is 6. The van der Waals surface area contributed by atoms with E-state index in [1.807, 2.05) is 38.1 Å². The van der Waals surface area contributed by atoms with E-state index in [9.17, 15) is 4.79 Å². The smallest absolute Gasteiger partial charge is 0.304 e. The predicted octanol–water partition coefficient (Wildman–Crippen LogP) is 3.10. The fourth-order valence-corrected chi connectivity index (χ4v) is 1.80. The summed E-state index contributed by atoms with van der Waals surface area (Å²) >= 11 is 5.92. The van der Waals surface area contributed by atoms with Gasteiger partial charge in [-0.15, -0.1) is 11.6 Å². The molecule has 0 saturated heterocycles. The highest BCUT2D eigenvalue weighted by Crippen LogP contribution is 2.17. The quantitative estimate of drug-likeness (QED) is 0.796. The lowest BCUT2D eigenvalue weighted by Gasteiger charge is -2.11. The maximum absolute atomic E-state index is 10.5. The fraction of sp³-hybridized carbons (Fsp3) is 0.462. The molecule has 0 heterocycles. The van der Waals surface area contributed by atoms with Crippen molar-refractivity contribution >= 4 is 17.6 Å². The molecular formula is C13H17ClO3. The molecule has 1 aromatic rings. The molecule has 1 unspecified atom stereocenters. The number of carboxylic acids is 1. The molecule has 0 spiro atoms. The van der Waals surface area contributed by atoms with E-state index < -0.39 is 5.97 Å². The van der Waals surface area contributed by atoms with Crippen molar-refractivity contribution in [3.05, 3.63) is 29.8 Å². The summed E-state index contributed by atoms with van der Waals surface area (Å²) in [4.78, 5) is 10.5. The van der Waals surface area contributed by atoms with Crippen molar-refractivity contribution < 1.29 is 14.6 Å². The van der Waals surface area contributed by atoms with Gasteiger partial charge in [0.1, 0.15) is 5.75 Å². The van der Waals surface area contributed by atoms with Crippen LogP contribution in [0.25, 0.3) is 0 Å². The van der Waals surface area contributed by atoms with E-state index in [2.05, 4.69) is 0 Å². The zero-order chi connectivity index (χ0) is 12.8. The van der Waals surface area contributed by atoms with Crippen LogP contribution >= 0.6 is 11.6 Å². The van der Waals surface area contributed by atoms with Gasteiger partial charge < -0.3 is 9.84 Å². The fourth-order valence-electron chi connectivity index (χ4n) is 1.49. The topological polar surface area (TPSA) is 46.5 Å². The van der Waals surface area contributed by atoms with E-state index in [0.29, 0.717) is 6.42 Å². The lowest BCUT2D eigenvalue weighted by Crippen LogP contribution is -2.10. The molecule has 1 aromatic carbocycles. The van der Waals surface area contributed by atoms with Crippen LogP contribution in [0, 0.1) is 0 Å². The summed E-state index contributed by atoms with van der Waals surface area (Å²) in [5.41, 5.74) is 1.02. The molecule has 17 heavy (non-hydrogen) atoms. The van der Waals surface area contributed by atoms with Gasteiger partial charge >= 0.3 is 5.97 Å². The van der Waals surface area contributed by atoms with Crippen molar-refractivity contribution in [2.75, 3.05) is 0 Å². The molecule has 0 saturated carbocycles. The van der Waals surface area contributed by atoms with Crippen LogP contribution in [0.1, 0.15) is 25.8 Å². The van der Waals surface area contributed by atoms with Gasteiger partial charge in [-0.3, -0.25) is 4.79 Å². The van der Waals surface area contributed by atoms with Crippen LogP contribution in [0.4, 0.5) is 0 Å². The molecule has 0 bridgehead atoms. The van der Waals surface area contributed by atoms with Crippen molar-refractivity contribution in [3.63, 3.8) is 0 Å². The van der Waals surface area contributed by atoms with Crippen LogP contribution in [-0.4, -0.2) is 22.6 Å². The van der Waals surface area contributed by atoms with E-state index in [1.165, 1.54) is 0 Å². The molecule has 1 N–H and O–H groups in total. The minimum absolute atomic E-state index is 0.0220. The standard InChI is InChI=1S/C13H17ClO3/c1-9(2)17-12-5-3-10(4-6-12)7-11(14)8-13(15)16/h3-6,9,11H,7-8H2,1-2H3,(H,15,16). The second kappa shape index (κ2) is 6.50. The van der Waals surface area contributed by atoms with E-state index in [1.54, 1.807) is 0 Å². The Balaban J connectivity index is 2.53. The summed E-state index contributed by atoms with van der Waals surface area (Å²) < 4.78 is 5.51. The lowest BCUT2D eigenvalue weighted by atomic mass is 10.1. The van der Waals surface area contributed by atoms with E-state index >= 15 is 0 Å². The van der Waals surface area contributed by atoms with Gasteiger partial charge in [0.25, 0.3) is 0 Å². The highest BCUT2D eigenvalue weighted by molar-refractivity contribution is 6.21. The van der Waals surface area contributed by atoms with Crippen LogP contribution in [0.15, 0.2) is 24.3 Å². The third-order valence-corrected chi connectivity index (χ3v) is 2.46. The SMILES string of the molecule is CC(C)Oc1ccc(CC(Cl)CC(=O)O)cc1. The van der Waals surface area contributed by atoms with Crippen molar-refractivity contribution in [1.82, 2.24) is 0 Å². The second-order valence-corrected chi connectivity index (χ2v) is 4.83. The number of hydrogen-bond donors (Lipinski definition) is 1. The van der Waals surface area contributed by atoms with E-state index in [-0.39, 0.29) is 17.9 Å². The Morgan fingerprint density at radius 2 is 1.94 bits per heavy atom. The number of alkyl halides is 1. The molecular weight excluding hydrogens is 240 g/mol. The van der Waals surface area contributed by atoms with Crippen molar-refractivity contribution in [2.45, 2.75) is 38.2 Å². The maximum Gasteiger partial charge on any atom is 0.304 e. The minimum Gasteiger partial charge on any atom is -0.491 e. The summed E-state index contributed by atoms with van der Waals surface area (Å²) in [6, 6.07) is 7.57. The second-order valence-electron chi connectivity index (χ2n) is 4.21. The Morgan fingerprint density at radius 3 is 2.41 bits per heavy atom. The highest BCUT2D eigenvalue weighted by Gasteiger charge is 2.10. The Labute approximate surface area is 106 Å². The van der Waals surface area contributed by atoms with Gasteiger partial charge in [-0.2, -0.15) is 0 Å². The first-order valence-corrected chi connectivity index (χ1v) is 6.02. The predicted molar refractivity (Wildman–Crippen MR) is 67.8 cm³/mol. The average molecular weight is 257 g/mol. The molecule has 0 aromatic heterocycles. The molecule has 1 atom stereocenters. The van der Waals surface area contributed by atoms with Crippen molar-refractivity contribution in [2.24, 2.45) is 0 Å². The van der Waals surface area contributed by atoms with Gasteiger partial charge in [-0.1, -0.05) is 12.1 Å². The van der Waals surface area contributed by atoms with Gasteiger partial charge in [0.2, 0.25) is 0 Å². The van der Waals surface area contributed by atoms with Gasteiger partial charge in [0.05, 0.1) is 12.5 Å². The Morgan fingerprint density at radius 1 is 1.35 bits per heavy atom. The zero-order valence-corrected chi connectivity index (χ0v) is 10.8. The Hall–Kier alpha value is -1.22. The molecule has 4 heteroatoms. The highest BCUT2D eigenvalue weighted by atomic mass is 35.5. The van der Waals surface area contributed by atoms with Crippen molar-refractivity contribution in [3.8, 4) is 5.75 Å². The number of halogens is 1. The van der Waals surface area contributed by atoms with Gasteiger partial charge in [0, 0.05) is 5.38 Å². The van der Waals surface area contributed by atoms with Crippen LogP contribution in [0.2, 0.25) is 0 Å². The first-order valence-electron chi connectivity index (χ1n) is 5.59. The van der Waals surface area contributed by atoms with Crippen LogP contribution < -0.4 is 4.74 Å². The number of carboxylic acid groups (broad SMARTS) is 1. The number of carbonyl (C=O) groups is 1. The number of hydrogen-bond acceptors (Lipinski definition) is 2. The lowest BCUT2D eigenvalue weighted by molar-refractivity contribution is -0.137. The monoisotopic (exact) mass is 256 g/mol. The van der Waals surface area contributed by atoms with Crippen LogP contribution in [0.5, 0.6) is 5.75 Å². The third-order valence-electron chi connectivity index (χ3n) is 2.15. The zero-order valence-electron chi connectivity index (χ0n) is 10.0. The minimum atomic E-state index is -0.871. The first-order chi connectivity index (χ1) is 7.97. The molecule has 0 amide bonds. The Kier molecular flexibility index (Phi) is 5.29. The normalized spacial score (nSPS) is 12.5. The summed E-state index contributed by atoms with van der Waals surface area (Å²) in [5, 5.41) is 8.23. The van der Waals surface area contributed by atoms with Crippen molar-refractivity contribution in [1.29, 1.82) is 0 Å². The van der Waals surface area contributed by atoms with Gasteiger partial charge in [0.15, 0.2) is 0 Å². The molecule has 0 aliphatic rings. The number of aliphatic carboxylic acids is 1. The molecule has 0 aliphatic carbocycles.